The number of nitrogens with zero attached hydrogens (tertiary/aromatic N) is 1. The van der Waals surface area contributed by atoms with Crippen LogP contribution in [0.1, 0.15) is 32.5 Å². The molecule has 0 aliphatic carbocycles. The molecule has 0 bridgehead atoms. The first-order valence-corrected chi connectivity index (χ1v) is 13.0. The van der Waals surface area contributed by atoms with Crippen molar-refractivity contribution in [1.82, 2.24) is 9.88 Å². The highest BCUT2D eigenvalue weighted by atomic mass is 35.5. The molecule has 0 aliphatic heterocycles. The molecule has 5 aromatic rings. The van der Waals surface area contributed by atoms with Crippen molar-refractivity contribution >= 4 is 49.8 Å². The van der Waals surface area contributed by atoms with E-state index in [1.54, 1.807) is 29.0 Å². The van der Waals surface area contributed by atoms with Gasteiger partial charge in [-0.05, 0) is 46.2 Å². The lowest BCUT2D eigenvalue weighted by atomic mass is 10.0. The van der Waals surface area contributed by atoms with Crippen LogP contribution in [-0.2, 0) is 24.9 Å². The van der Waals surface area contributed by atoms with Crippen molar-refractivity contribution in [1.29, 1.82) is 0 Å². The monoisotopic (exact) mass is 532 g/mol. The summed E-state index contributed by atoms with van der Waals surface area (Å²) in [6.45, 7) is 0.669. The first-order valence-electron chi connectivity index (χ1n) is 11.8. The van der Waals surface area contributed by atoms with Crippen molar-refractivity contribution in [3.8, 4) is 0 Å². The summed E-state index contributed by atoms with van der Waals surface area (Å²) in [6, 6.07) is 22.8. The van der Waals surface area contributed by atoms with Gasteiger partial charge in [-0.25, -0.2) is 0 Å². The van der Waals surface area contributed by atoms with E-state index in [4.69, 9.17) is 16.3 Å². The molecule has 1 amide bonds. The molecule has 3 aromatic carbocycles. The Hall–Kier alpha value is -3.49. The van der Waals surface area contributed by atoms with E-state index in [0.717, 1.165) is 31.6 Å². The number of nitrogens with one attached hydrogen (secondary N) is 1. The van der Waals surface area contributed by atoms with Crippen molar-refractivity contribution in [2.75, 3.05) is 6.61 Å². The highest BCUT2D eigenvalue weighted by Crippen LogP contribution is 2.25. The molecule has 0 saturated heterocycles. The fourth-order valence-corrected chi connectivity index (χ4v) is 5.36. The molecule has 8 heteroatoms. The average molecular weight is 533 g/mol. The Bertz CT molecular complexity index is 1640. The number of fused-ring (bicyclic) bond motifs is 2. The number of hydrogen-bond donors (Lipinski definition) is 2. The lowest BCUT2D eigenvalue weighted by molar-refractivity contribution is 0.0288. The first kappa shape index (κ1) is 25.2. The van der Waals surface area contributed by atoms with E-state index in [1.165, 1.54) is 11.3 Å². The molecule has 0 unspecified atom stereocenters. The van der Waals surface area contributed by atoms with Crippen LogP contribution in [-0.4, -0.2) is 22.2 Å². The van der Waals surface area contributed by atoms with Crippen LogP contribution in [0.5, 0.6) is 0 Å². The summed E-state index contributed by atoms with van der Waals surface area (Å²) in [4.78, 5) is 27.5. The standard InChI is InChI=1S/C29H25ClN2O4S/c1-32-15-25(28(35)31-14-18-6-10-22(30)11-7-18)27(34)24-13-23(37-29(24)32)16-36-17-26(33)21-9-8-19-4-2-3-5-20(19)12-21/h2-13,15,26,33H,14,16-17H2,1H3,(H,31,35)/t26-/m0/s1. The van der Waals surface area contributed by atoms with Crippen LogP contribution in [0.2, 0.25) is 5.02 Å². The van der Waals surface area contributed by atoms with E-state index in [1.807, 2.05) is 61.6 Å². The SMILES string of the molecule is Cn1cc(C(=O)NCc2ccc(Cl)cc2)c(=O)c2cc(COC[C@H](O)c3ccc4ccccc4c3)sc21. The molecular weight excluding hydrogens is 508 g/mol. The Kier molecular flexibility index (Phi) is 7.39. The topological polar surface area (TPSA) is 80.6 Å². The minimum absolute atomic E-state index is 0.0842. The zero-order valence-electron chi connectivity index (χ0n) is 20.1. The number of benzene rings is 3. The van der Waals surface area contributed by atoms with Gasteiger partial charge in [0.25, 0.3) is 5.91 Å². The van der Waals surface area contributed by atoms with Crippen LogP contribution in [0.3, 0.4) is 0 Å². The van der Waals surface area contributed by atoms with Gasteiger partial charge in [0.05, 0.1) is 18.6 Å². The van der Waals surface area contributed by atoms with Crippen LogP contribution < -0.4 is 10.7 Å². The fraction of sp³-hybridized carbons (Fsp3) is 0.172. The van der Waals surface area contributed by atoms with E-state index < -0.39 is 12.0 Å². The van der Waals surface area contributed by atoms with Gasteiger partial charge in [0.15, 0.2) is 0 Å². The molecule has 6 nitrogen and oxygen atoms in total. The Balaban J connectivity index is 1.25. The molecule has 0 spiro atoms. The third-order valence-corrected chi connectivity index (χ3v) is 7.64. The van der Waals surface area contributed by atoms with Crippen LogP contribution >= 0.6 is 22.9 Å². The zero-order chi connectivity index (χ0) is 25.9. The second kappa shape index (κ2) is 10.9. The summed E-state index contributed by atoms with van der Waals surface area (Å²) in [6.07, 6.45) is 0.799. The van der Waals surface area contributed by atoms with Crippen molar-refractivity contribution < 1.29 is 14.6 Å². The van der Waals surface area contributed by atoms with Gasteiger partial charge < -0.3 is 19.7 Å². The maximum atomic E-state index is 13.1. The molecule has 2 heterocycles. The van der Waals surface area contributed by atoms with Gasteiger partial charge in [-0.15, -0.1) is 11.3 Å². The number of ether oxygens (including phenoxy) is 1. The van der Waals surface area contributed by atoms with Crippen LogP contribution in [0, 0.1) is 0 Å². The summed E-state index contributed by atoms with van der Waals surface area (Å²) in [5.41, 5.74) is 1.44. The van der Waals surface area contributed by atoms with Gasteiger partial charge in [0, 0.05) is 29.7 Å². The minimum Gasteiger partial charge on any atom is -0.386 e. The van der Waals surface area contributed by atoms with Crippen LogP contribution in [0.25, 0.3) is 21.0 Å². The quantitative estimate of drug-likeness (QED) is 0.273. The summed E-state index contributed by atoms with van der Waals surface area (Å²) in [7, 11) is 1.81. The van der Waals surface area contributed by atoms with Gasteiger partial charge in [0.2, 0.25) is 5.43 Å². The summed E-state index contributed by atoms with van der Waals surface area (Å²) >= 11 is 7.34. The van der Waals surface area contributed by atoms with Crippen molar-refractivity contribution in [3.63, 3.8) is 0 Å². The van der Waals surface area contributed by atoms with Gasteiger partial charge in [0.1, 0.15) is 16.5 Å². The minimum atomic E-state index is -0.763. The number of thiophene rings is 1. The molecule has 0 saturated carbocycles. The third-order valence-electron chi connectivity index (χ3n) is 6.19. The van der Waals surface area contributed by atoms with E-state index in [-0.39, 0.29) is 24.2 Å². The van der Waals surface area contributed by atoms with E-state index in [2.05, 4.69) is 5.32 Å². The van der Waals surface area contributed by atoms with Gasteiger partial charge >= 0.3 is 0 Å². The second-order valence-electron chi connectivity index (χ2n) is 8.86. The van der Waals surface area contributed by atoms with Crippen molar-refractivity contribution in [3.05, 3.63) is 116 Å². The number of aliphatic hydroxyl groups is 1. The zero-order valence-corrected chi connectivity index (χ0v) is 21.7. The molecule has 0 aliphatic rings. The average Bonchev–Trinajstić information content (AvgIpc) is 3.35. The van der Waals surface area contributed by atoms with Crippen molar-refractivity contribution in [2.45, 2.75) is 19.3 Å². The summed E-state index contributed by atoms with van der Waals surface area (Å²) < 4.78 is 7.58. The highest BCUT2D eigenvalue weighted by molar-refractivity contribution is 7.18. The molecule has 0 fully saturated rings. The smallest absolute Gasteiger partial charge is 0.257 e. The molecule has 2 aromatic heterocycles. The lowest BCUT2D eigenvalue weighted by Gasteiger charge is -2.12. The molecule has 5 rings (SSSR count). The Morgan fingerprint density at radius 1 is 1.08 bits per heavy atom. The molecule has 37 heavy (non-hydrogen) atoms. The molecule has 0 radical (unpaired) electrons. The number of carbonyl (C=O) groups is 1. The molecule has 2 N–H and O–H groups in total. The number of halogens is 1. The number of amides is 1. The molecule has 1 atom stereocenters. The number of aryl methyl sites for hydroxylation is 1. The fourth-order valence-electron chi connectivity index (χ4n) is 4.21. The Labute approximate surface area is 222 Å². The Morgan fingerprint density at radius 2 is 1.84 bits per heavy atom. The van der Waals surface area contributed by atoms with Crippen LogP contribution in [0.15, 0.2) is 83.8 Å². The predicted molar refractivity (Wildman–Crippen MR) is 148 cm³/mol. The van der Waals surface area contributed by atoms with Crippen LogP contribution in [0.4, 0.5) is 0 Å². The number of aliphatic hydroxyl groups excluding tert-OH is 1. The van der Waals surface area contributed by atoms with Gasteiger partial charge in [-0.1, -0.05) is 60.1 Å². The lowest BCUT2D eigenvalue weighted by Crippen LogP contribution is -2.29. The number of rotatable bonds is 8. The summed E-state index contributed by atoms with van der Waals surface area (Å²) in [5.74, 6) is -0.431. The number of hydrogen-bond acceptors (Lipinski definition) is 5. The van der Waals surface area contributed by atoms with E-state index in [9.17, 15) is 14.7 Å². The maximum Gasteiger partial charge on any atom is 0.257 e. The number of pyridine rings is 1. The normalized spacial score (nSPS) is 12.2. The molecular formula is C29H25ClN2O4S. The maximum absolute atomic E-state index is 13.1. The third kappa shape index (κ3) is 5.60. The Morgan fingerprint density at radius 3 is 2.62 bits per heavy atom. The largest absolute Gasteiger partial charge is 0.386 e. The summed E-state index contributed by atoms with van der Waals surface area (Å²) in [5, 5.41) is 16.7. The highest BCUT2D eigenvalue weighted by Gasteiger charge is 2.17. The van der Waals surface area contributed by atoms with Gasteiger partial charge in [-0.3, -0.25) is 9.59 Å². The molecule has 188 valence electrons. The van der Waals surface area contributed by atoms with E-state index >= 15 is 0 Å². The van der Waals surface area contributed by atoms with Gasteiger partial charge in [-0.2, -0.15) is 0 Å². The number of aromatic nitrogens is 1. The predicted octanol–water partition coefficient (Wildman–Crippen LogP) is 5.59. The second-order valence-corrected chi connectivity index (χ2v) is 10.4. The van der Waals surface area contributed by atoms with E-state index in [0.29, 0.717) is 17.0 Å². The van der Waals surface area contributed by atoms with Crippen molar-refractivity contribution in [2.24, 2.45) is 7.05 Å². The number of carbonyl (C=O) groups excluding carboxylic acids is 1. The first-order chi connectivity index (χ1) is 17.9.